The Balaban J connectivity index is 0.00000102. The van der Waals surface area contributed by atoms with Gasteiger partial charge in [0.2, 0.25) is 0 Å². The maximum absolute atomic E-state index is 11.5. The van der Waals surface area contributed by atoms with Gasteiger partial charge in [-0.2, -0.15) is 5.10 Å². The summed E-state index contributed by atoms with van der Waals surface area (Å²) in [4.78, 5) is 18.1. The highest BCUT2D eigenvalue weighted by Gasteiger charge is 2.05. The Morgan fingerprint density at radius 2 is 2.05 bits per heavy atom. The number of hydrogen-bond acceptors (Lipinski definition) is 3. The zero-order valence-corrected chi connectivity index (χ0v) is 15.5. The van der Waals surface area contributed by atoms with Crippen LogP contribution >= 0.6 is 15.9 Å². The van der Waals surface area contributed by atoms with Gasteiger partial charge in [-0.1, -0.05) is 62.7 Å². The number of rotatable bonds is 4. The Morgan fingerprint density at radius 1 is 1.36 bits per heavy atom. The van der Waals surface area contributed by atoms with Crippen molar-refractivity contribution >= 4 is 27.0 Å². The van der Waals surface area contributed by atoms with Gasteiger partial charge in [-0.25, -0.2) is 9.67 Å². The van der Waals surface area contributed by atoms with Gasteiger partial charge in [-0.3, -0.25) is 4.79 Å². The number of fused-ring (bicyclic) bond motifs is 1. The summed E-state index contributed by atoms with van der Waals surface area (Å²) < 4.78 is 2.67. The molecule has 0 saturated heterocycles. The van der Waals surface area contributed by atoms with Crippen LogP contribution in [0.2, 0.25) is 0 Å². The second kappa shape index (κ2) is 11.9. The molecule has 0 fully saturated rings. The fourth-order valence-corrected chi connectivity index (χ4v) is 1.84. The average Bonchev–Trinajstić information content (AvgIpc) is 2.99. The van der Waals surface area contributed by atoms with Gasteiger partial charge >= 0.3 is 0 Å². The number of halogens is 1. The molecule has 0 atom stereocenters. The number of nitrogens with zero attached hydrogens (tertiary/aromatic N) is 3. The van der Waals surface area contributed by atoms with Gasteiger partial charge in [0.25, 0.3) is 5.56 Å². The van der Waals surface area contributed by atoms with Crippen LogP contribution in [0.5, 0.6) is 0 Å². The molecule has 5 nitrogen and oxygen atoms in total. The van der Waals surface area contributed by atoms with Crippen LogP contribution in [0.25, 0.3) is 11.0 Å². The first-order chi connectivity index (χ1) is 10.7. The van der Waals surface area contributed by atoms with E-state index in [4.69, 9.17) is 0 Å². The number of aromatic nitrogens is 4. The molecule has 2 heterocycles. The summed E-state index contributed by atoms with van der Waals surface area (Å²) in [6.45, 7) is 10.6. The Kier molecular flexibility index (Phi) is 11.0. The standard InChI is InChI=1S/C12H13BrN4O.2C2H6/c1-2-3-4-9(13)5-6-17-11-10(7-16-17)12(18)15-8-14-11;2*1-2/h3-5,7-8H,2,6H2,1H3,(H,14,15,18);2*1-2H3/b4-3-,9-5+;;. The number of nitrogens with one attached hydrogen (secondary N) is 1. The van der Waals surface area contributed by atoms with E-state index < -0.39 is 0 Å². The van der Waals surface area contributed by atoms with Crippen LogP contribution in [0.3, 0.4) is 0 Å². The highest BCUT2D eigenvalue weighted by Crippen LogP contribution is 2.10. The summed E-state index contributed by atoms with van der Waals surface area (Å²) in [7, 11) is 0. The molecule has 0 aliphatic carbocycles. The van der Waals surface area contributed by atoms with Gasteiger partial charge in [0.05, 0.1) is 19.1 Å². The molecule has 2 rings (SSSR count). The van der Waals surface area contributed by atoms with Crippen LogP contribution in [-0.2, 0) is 6.54 Å². The van der Waals surface area contributed by atoms with Crippen molar-refractivity contribution in [3.05, 3.63) is 45.6 Å². The van der Waals surface area contributed by atoms with Crippen molar-refractivity contribution in [1.82, 2.24) is 19.7 Å². The van der Waals surface area contributed by atoms with E-state index in [9.17, 15) is 4.79 Å². The van der Waals surface area contributed by atoms with Crippen molar-refractivity contribution in [1.29, 1.82) is 0 Å². The van der Waals surface area contributed by atoms with Crippen molar-refractivity contribution in [2.45, 2.75) is 47.6 Å². The molecule has 2 aromatic heterocycles. The van der Waals surface area contributed by atoms with E-state index in [0.717, 1.165) is 10.9 Å². The van der Waals surface area contributed by atoms with Gasteiger partial charge in [-0.15, -0.1) is 0 Å². The van der Waals surface area contributed by atoms with Crippen LogP contribution in [0.1, 0.15) is 41.0 Å². The summed E-state index contributed by atoms with van der Waals surface area (Å²) in [5, 5.41) is 4.66. The number of aromatic amines is 1. The van der Waals surface area contributed by atoms with Gasteiger partial charge in [0, 0.05) is 4.48 Å². The van der Waals surface area contributed by atoms with Crippen LogP contribution in [0, 0.1) is 0 Å². The molecule has 0 aliphatic rings. The van der Waals surface area contributed by atoms with E-state index in [1.54, 1.807) is 4.68 Å². The number of allylic oxidation sites excluding steroid dienone is 4. The highest BCUT2D eigenvalue weighted by atomic mass is 79.9. The minimum Gasteiger partial charge on any atom is -0.312 e. The van der Waals surface area contributed by atoms with Crippen LogP contribution in [0.15, 0.2) is 40.0 Å². The molecule has 0 radical (unpaired) electrons. The molecule has 0 bridgehead atoms. The first-order valence-electron chi connectivity index (χ1n) is 7.63. The van der Waals surface area contributed by atoms with E-state index in [2.05, 4.69) is 44.0 Å². The Labute approximate surface area is 140 Å². The Morgan fingerprint density at radius 3 is 2.68 bits per heavy atom. The predicted molar refractivity (Wildman–Crippen MR) is 97.3 cm³/mol. The molecule has 0 aromatic carbocycles. The molecular weight excluding hydrogens is 344 g/mol. The van der Waals surface area contributed by atoms with Gasteiger partial charge in [-0.05, 0) is 12.5 Å². The molecule has 6 heteroatoms. The summed E-state index contributed by atoms with van der Waals surface area (Å²) in [6.07, 6.45) is 9.94. The normalized spacial score (nSPS) is 10.9. The SMILES string of the molecule is CC.CC.CC/C=C\C(Br)=C/Cn1ncc2c(=O)[nH]cnc21. The first-order valence-corrected chi connectivity index (χ1v) is 8.43. The van der Waals surface area contributed by atoms with Gasteiger partial charge < -0.3 is 4.98 Å². The summed E-state index contributed by atoms with van der Waals surface area (Å²) >= 11 is 3.45. The molecule has 0 saturated carbocycles. The maximum atomic E-state index is 11.5. The third-order valence-electron chi connectivity index (χ3n) is 2.41. The first kappa shape index (κ1) is 20.3. The van der Waals surface area contributed by atoms with Gasteiger partial charge in [0.1, 0.15) is 5.39 Å². The molecule has 0 spiro atoms. The molecule has 22 heavy (non-hydrogen) atoms. The van der Waals surface area contributed by atoms with E-state index in [-0.39, 0.29) is 5.56 Å². The van der Waals surface area contributed by atoms with E-state index >= 15 is 0 Å². The zero-order chi connectivity index (χ0) is 17.0. The van der Waals surface area contributed by atoms with Crippen molar-refractivity contribution in [2.75, 3.05) is 0 Å². The smallest absolute Gasteiger partial charge is 0.261 e. The zero-order valence-electron chi connectivity index (χ0n) is 13.9. The molecule has 1 N–H and O–H groups in total. The summed E-state index contributed by atoms with van der Waals surface area (Å²) in [5.74, 6) is 0. The van der Waals surface area contributed by atoms with Crippen LogP contribution < -0.4 is 5.56 Å². The molecule has 0 unspecified atom stereocenters. The van der Waals surface area contributed by atoms with Crippen LogP contribution in [-0.4, -0.2) is 19.7 Å². The Bertz CT molecular complexity index is 655. The third kappa shape index (κ3) is 5.97. The predicted octanol–water partition coefficient (Wildman–Crippen LogP) is 4.42. The highest BCUT2D eigenvalue weighted by molar-refractivity contribution is 9.11. The number of H-pyrrole nitrogens is 1. The minimum atomic E-state index is -0.167. The van der Waals surface area contributed by atoms with E-state index in [0.29, 0.717) is 17.6 Å². The number of hydrogen-bond donors (Lipinski definition) is 1. The molecule has 2 aromatic rings. The lowest BCUT2D eigenvalue weighted by molar-refractivity contribution is 0.718. The fourth-order valence-electron chi connectivity index (χ4n) is 1.51. The van der Waals surface area contributed by atoms with Crippen molar-refractivity contribution in [3.63, 3.8) is 0 Å². The lowest BCUT2D eigenvalue weighted by atomic mass is 10.4. The fraction of sp³-hybridized carbons (Fsp3) is 0.438. The van der Waals surface area contributed by atoms with Crippen molar-refractivity contribution in [3.8, 4) is 0 Å². The lowest BCUT2D eigenvalue weighted by Crippen LogP contribution is -2.07. The van der Waals surface area contributed by atoms with Crippen molar-refractivity contribution < 1.29 is 0 Å². The maximum Gasteiger partial charge on any atom is 0.261 e. The van der Waals surface area contributed by atoms with Crippen LogP contribution in [0.4, 0.5) is 0 Å². The molecule has 0 amide bonds. The van der Waals surface area contributed by atoms with E-state index in [1.165, 1.54) is 12.5 Å². The van der Waals surface area contributed by atoms with Gasteiger partial charge in [0.15, 0.2) is 5.65 Å². The second-order valence-electron chi connectivity index (χ2n) is 3.70. The molecule has 122 valence electrons. The minimum absolute atomic E-state index is 0.167. The summed E-state index contributed by atoms with van der Waals surface area (Å²) in [6, 6.07) is 0. The largest absolute Gasteiger partial charge is 0.312 e. The molecule has 0 aliphatic heterocycles. The topological polar surface area (TPSA) is 63.6 Å². The van der Waals surface area contributed by atoms with E-state index in [1.807, 2.05) is 39.8 Å². The quantitative estimate of drug-likeness (QED) is 0.812. The second-order valence-corrected chi connectivity index (χ2v) is 4.61. The third-order valence-corrected chi connectivity index (χ3v) is 3.00. The summed E-state index contributed by atoms with van der Waals surface area (Å²) in [5.41, 5.74) is 0.426. The Hall–Kier alpha value is -1.69. The monoisotopic (exact) mass is 368 g/mol. The molecular formula is C16H25BrN4O. The lowest BCUT2D eigenvalue weighted by Gasteiger charge is -1.98. The average molecular weight is 369 g/mol. The van der Waals surface area contributed by atoms with Crippen molar-refractivity contribution in [2.24, 2.45) is 0 Å².